The van der Waals surface area contributed by atoms with Gasteiger partial charge in [0.25, 0.3) is 0 Å². The predicted molar refractivity (Wildman–Crippen MR) is 90.8 cm³/mol. The molecule has 7 nitrogen and oxygen atoms in total. The Balaban J connectivity index is 1.93. The molecule has 2 amide bonds. The predicted octanol–water partition coefficient (Wildman–Crippen LogP) is 1.85. The van der Waals surface area contributed by atoms with Crippen molar-refractivity contribution in [2.45, 2.75) is 18.9 Å². The van der Waals surface area contributed by atoms with Crippen LogP contribution in [0.5, 0.6) is 0 Å². The number of nitrogens with zero attached hydrogens (tertiary/aromatic N) is 1. The molecule has 0 spiro atoms. The molecule has 0 radical (unpaired) electrons. The first kappa shape index (κ1) is 18.5. The third-order valence-electron chi connectivity index (χ3n) is 3.32. The minimum absolute atomic E-state index is 0.137. The minimum atomic E-state index is -1.29. The topological polar surface area (TPSA) is 115 Å². The van der Waals surface area contributed by atoms with Gasteiger partial charge in [0.1, 0.15) is 11.8 Å². The zero-order valence-electron chi connectivity index (χ0n) is 13.4. The number of nitrogens with one attached hydrogen (secondary N) is 2. The molecule has 0 aliphatic rings. The zero-order valence-corrected chi connectivity index (χ0v) is 14.1. The van der Waals surface area contributed by atoms with Gasteiger partial charge in [-0.05, 0) is 37.3 Å². The van der Waals surface area contributed by atoms with Crippen LogP contribution in [0, 0.1) is 11.3 Å². The molecule has 130 valence electrons. The van der Waals surface area contributed by atoms with Crippen LogP contribution in [0.15, 0.2) is 41.0 Å². The first-order chi connectivity index (χ1) is 11.8. The lowest BCUT2D eigenvalue weighted by molar-refractivity contribution is -0.136. The van der Waals surface area contributed by atoms with Gasteiger partial charge in [-0.25, -0.2) is 0 Å². The van der Waals surface area contributed by atoms with Crippen molar-refractivity contribution in [3.8, 4) is 6.07 Å². The molecule has 1 aromatic heterocycles. The summed E-state index contributed by atoms with van der Waals surface area (Å²) >= 11 is 5.82. The van der Waals surface area contributed by atoms with E-state index in [0.717, 1.165) is 0 Å². The molecule has 2 rings (SSSR count). The number of hydrogen-bond acceptors (Lipinski definition) is 5. The maximum absolute atomic E-state index is 11.9. The van der Waals surface area contributed by atoms with E-state index in [1.54, 1.807) is 12.1 Å². The Hall–Kier alpha value is -2.82. The molecule has 1 atom stereocenters. The van der Waals surface area contributed by atoms with Crippen LogP contribution in [-0.2, 0) is 16.0 Å². The van der Waals surface area contributed by atoms with Crippen LogP contribution in [0.4, 0.5) is 5.69 Å². The van der Waals surface area contributed by atoms with E-state index in [-0.39, 0.29) is 24.2 Å². The van der Waals surface area contributed by atoms with E-state index in [0.29, 0.717) is 10.8 Å². The van der Waals surface area contributed by atoms with E-state index >= 15 is 0 Å². The Bertz CT molecular complexity index is 810. The summed E-state index contributed by atoms with van der Waals surface area (Å²) in [6.07, 6.45) is 1.66. The Kier molecular flexibility index (Phi) is 5.80. The molecule has 2 aromatic rings. The van der Waals surface area contributed by atoms with E-state index in [1.807, 2.05) is 6.07 Å². The summed E-state index contributed by atoms with van der Waals surface area (Å²) in [6.45, 7) is 1.36. The summed E-state index contributed by atoms with van der Waals surface area (Å²) in [5, 5.41) is 24.3. The largest absolute Gasteiger partial charge is 0.469 e. The molecule has 1 aromatic carbocycles. The minimum Gasteiger partial charge on any atom is -0.469 e. The number of aliphatic hydroxyl groups is 1. The van der Waals surface area contributed by atoms with E-state index < -0.39 is 17.4 Å². The molecule has 8 heteroatoms. The van der Waals surface area contributed by atoms with Crippen LogP contribution in [0.1, 0.15) is 18.2 Å². The number of amides is 2. The number of benzene rings is 1. The molecular weight excluding hydrogens is 346 g/mol. The molecule has 1 unspecified atom stereocenters. The smallest absolute Gasteiger partial charge is 0.313 e. The fourth-order valence-electron chi connectivity index (χ4n) is 2.10. The van der Waals surface area contributed by atoms with Gasteiger partial charge < -0.3 is 20.2 Å². The lowest BCUT2D eigenvalue weighted by Crippen LogP contribution is -2.45. The molecule has 3 N–H and O–H groups in total. The number of carbonyl (C=O) groups excluding carboxylic acids is 2. The van der Waals surface area contributed by atoms with Gasteiger partial charge >= 0.3 is 11.8 Å². The van der Waals surface area contributed by atoms with E-state index in [1.165, 1.54) is 31.4 Å². The zero-order chi connectivity index (χ0) is 18.4. The number of carbonyl (C=O) groups is 2. The summed E-state index contributed by atoms with van der Waals surface area (Å²) < 4.78 is 5.14. The fraction of sp³-hybridized carbons (Fsp3) is 0.235. The number of hydrogen-bond donors (Lipinski definition) is 3. The van der Waals surface area contributed by atoms with Crippen molar-refractivity contribution in [2.75, 3.05) is 11.9 Å². The number of rotatable bonds is 5. The average molecular weight is 362 g/mol. The number of halogens is 1. The van der Waals surface area contributed by atoms with Crippen LogP contribution in [0.2, 0.25) is 5.02 Å². The monoisotopic (exact) mass is 361 g/mol. The molecule has 0 aliphatic heterocycles. The molecule has 0 saturated heterocycles. The van der Waals surface area contributed by atoms with Crippen molar-refractivity contribution < 1.29 is 19.1 Å². The normalized spacial score (nSPS) is 12.7. The highest BCUT2D eigenvalue weighted by Crippen LogP contribution is 2.20. The fourth-order valence-corrected chi connectivity index (χ4v) is 2.27. The number of anilines is 1. The Morgan fingerprint density at radius 3 is 2.76 bits per heavy atom. The van der Waals surface area contributed by atoms with Crippen LogP contribution < -0.4 is 10.6 Å². The third kappa shape index (κ3) is 5.35. The molecule has 0 aliphatic carbocycles. The third-order valence-corrected chi connectivity index (χ3v) is 3.56. The molecule has 25 heavy (non-hydrogen) atoms. The Morgan fingerprint density at radius 1 is 1.36 bits per heavy atom. The van der Waals surface area contributed by atoms with Gasteiger partial charge in [-0.1, -0.05) is 11.6 Å². The molecule has 0 fully saturated rings. The van der Waals surface area contributed by atoms with Crippen LogP contribution in [0.3, 0.4) is 0 Å². The lowest BCUT2D eigenvalue weighted by Gasteiger charge is -2.22. The number of nitriles is 1. The van der Waals surface area contributed by atoms with E-state index in [2.05, 4.69) is 10.6 Å². The molecule has 0 saturated carbocycles. The van der Waals surface area contributed by atoms with Crippen LogP contribution >= 0.6 is 11.6 Å². The van der Waals surface area contributed by atoms with Gasteiger partial charge in [-0.3, -0.25) is 9.59 Å². The van der Waals surface area contributed by atoms with E-state index in [9.17, 15) is 14.7 Å². The van der Waals surface area contributed by atoms with Crippen molar-refractivity contribution >= 4 is 29.1 Å². The van der Waals surface area contributed by atoms with Crippen molar-refractivity contribution in [1.29, 1.82) is 5.26 Å². The van der Waals surface area contributed by atoms with Crippen molar-refractivity contribution in [1.82, 2.24) is 5.32 Å². The average Bonchev–Trinajstić information content (AvgIpc) is 3.05. The highest BCUT2D eigenvalue weighted by Gasteiger charge is 2.25. The maximum atomic E-state index is 11.9. The molecular formula is C17H16ClN3O4. The quantitative estimate of drug-likeness (QED) is 0.703. The summed E-state index contributed by atoms with van der Waals surface area (Å²) in [5.74, 6) is -1.35. The van der Waals surface area contributed by atoms with Gasteiger partial charge in [0.15, 0.2) is 0 Å². The second kappa shape index (κ2) is 7.83. The molecule has 0 bridgehead atoms. The standard InChI is InChI=1S/C17H16ClN3O4/c1-17(24,8-13-3-2-6-25-13)10-20-15(22)16(23)21-14-7-12(18)5-4-11(14)9-19/h2-7,24H,8,10H2,1H3,(H,20,22)(H,21,23). The number of furan rings is 1. The lowest BCUT2D eigenvalue weighted by atomic mass is 10.0. The van der Waals surface area contributed by atoms with Gasteiger partial charge in [0, 0.05) is 18.0 Å². The highest BCUT2D eigenvalue weighted by atomic mass is 35.5. The van der Waals surface area contributed by atoms with E-state index in [4.69, 9.17) is 21.3 Å². The van der Waals surface area contributed by atoms with Gasteiger partial charge in [-0.2, -0.15) is 5.26 Å². The SMILES string of the molecule is CC(O)(CNC(=O)C(=O)Nc1cc(Cl)ccc1C#N)Cc1ccco1. The second-order valence-corrected chi connectivity index (χ2v) is 6.13. The Labute approximate surface area is 149 Å². The van der Waals surface area contributed by atoms with Crippen molar-refractivity contribution in [3.63, 3.8) is 0 Å². The summed E-state index contributed by atoms with van der Waals surface area (Å²) in [6, 6.07) is 9.59. The second-order valence-electron chi connectivity index (χ2n) is 5.69. The van der Waals surface area contributed by atoms with Crippen LogP contribution in [-0.4, -0.2) is 29.1 Å². The van der Waals surface area contributed by atoms with Crippen LogP contribution in [0.25, 0.3) is 0 Å². The molecule has 1 heterocycles. The summed E-state index contributed by atoms with van der Waals surface area (Å²) in [7, 11) is 0. The van der Waals surface area contributed by atoms with Gasteiger partial charge in [-0.15, -0.1) is 0 Å². The van der Waals surface area contributed by atoms with Crippen molar-refractivity contribution in [2.24, 2.45) is 0 Å². The highest BCUT2D eigenvalue weighted by molar-refractivity contribution is 6.40. The first-order valence-corrected chi connectivity index (χ1v) is 7.72. The summed E-state index contributed by atoms with van der Waals surface area (Å²) in [5.41, 5.74) is -0.977. The van der Waals surface area contributed by atoms with Gasteiger partial charge in [0.2, 0.25) is 0 Å². The first-order valence-electron chi connectivity index (χ1n) is 7.34. The Morgan fingerprint density at radius 2 is 2.12 bits per heavy atom. The van der Waals surface area contributed by atoms with Crippen molar-refractivity contribution in [3.05, 3.63) is 52.9 Å². The van der Waals surface area contributed by atoms with Gasteiger partial charge in [0.05, 0.1) is 23.1 Å². The maximum Gasteiger partial charge on any atom is 0.313 e. The summed E-state index contributed by atoms with van der Waals surface area (Å²) in [4.78, 5) is 23.9.